The molecule has 0 aliphatic heterocycles. The monoisotopic (exact) mass is 293 g/mol. The molecule has 1 aromatic carbocycles. The first-order chi connectivity index (χ1) is 9.81. The van der Waals surface area contributed by atoms with Gasteiger partial charge in [-0.05, 0) is 6.07 Å². The van der Waals surface area contributed by atoms with Crippen LogP contribution in [0.2, 0.25) is 0 Å². The molecule has 110 valence electrons. The Balaban J connectivity index is 2.71. The van der Waals surface area contributed by atoms with Crippen LogP contribution in [0.3, 0.4) is 0 Å². The maximum atomic E-state index is 12.0. The number of benzene rings is 1. The second kappa shape index (κ2) is 5.07. The molecular weight excluding hydrogens is 282 g/mol. The number of aromatic nitrogens is 2. The van der Waals surface area contributed by atoms with Gasteiger partial charge in [-0.25, -0.2) is 19.9 Å². The molecule has 0 fully saturated rings. The number of carbonyl (C=O) groups is 2. The minimum atomic E-state index is -1.42. The Hall–Kier alpha value is -3.17. The molecule has 10 nitrogen and oxygen atoms in total. The van der Waals surface area contributed by atoms with Crippen molar-refractivity contribution in [3.05, 3.63) is 34.1 Å². The van der Waals surface area contributed by atoms with E-state index in [2.05, 4.69) is 4.98 Å². The fourth-order valence-corrected chi connectivity index (χ4v) is 1.73. The van der Waals surface area contributed by atoms with Gasteiger partial charge in [-0.2, -0.15) is 0 Å². The lowest BCUT2D eigenvalue weighted by Gasteiger charge is -2.11. The maximum absolute atomic E-state index is 12.0. The van der Waals surface area contributed by atoms with Crippen molar-refractivity contribution in [2.24, 2.45) is 0 Å². The summed E-state index contributed by atoms with van der Waals surface area (Å²) in [6.07, 6.45) is -1.42. The average Bonchev–Trinajstić information content (AvgIpc) is 2.75. The smallest absolute Gasteiger partial charge is 0.424 e. The number of nitro groups is 1. The quantitative estimate of drug-likeness (QED) is 0.637. The molecule has 2 rings (SSSR count). The Bertz CT molecular complexity index is 751. The van der Waals surface area contributed by atoms with Crippen molar-refractivity contribution in [3.8, 4) is 0 Å². The van der Waals surface area contributed by atoms with Gasteiger partial charge in [-0.15, -0.1) is 0 Å². The van der Waals surface area contributed by atoms with Gasteiger partial charge in [0.15, 0.2) is 0 Å². The molecule has 0 atom stereocenters. The van der Waals surface area contributed by atoms with E-state index in [-0.39, 0.29) is 22.5 Å². The number of non-ortho nitro benzene ring substituents is 1. The number of carboxylic acid groups (broad SMARTS) is 1. The zero-order chi connectivity index (χ0) is 15.7. The fraction of sp³-hybridized carbons (Fsp3) is 0.182. The molecule has 0 radical (unpaired) electrons. The Morgan fingerprint density at radius 3 is 2.62 bits per heavy atom. The molecule has 0 aliphatic carbocycles. The standard InChI is InChI=1S/C11H11N5O5/c1-14(2)10(17)9-12-7-4-3-6(16(20)21)5-8(7)15(9)13-11(18)19/h3-5,13H,1-2H3,(H,18,19). The second-order valence-electron chi connectivity index (χ2n) is 4.32. The van der Waals surface area contributed by atoms with E-state index in [1.165, 1.54) is 31.1 Å². The van der Waals surface area contributed by atoms with E-state index in [9.17, 15) is 19.7 Å². The molecule has 21 heavy (non-hydrogen) atoms. The van der Waals surface area contributed by atoms with Crippen LogP contribution in [0.1, 0.15) is 10.6 Å². The van der Waals surface area contributed by atoms with Gasteiger partial charge in [0, 0.05) is 26.2 Å². The SMILES string of the molecule is CN(C)C(=O)c1nc2ccc([N+](=O)[O-])cc2n1NC(=O)O. The molecule has 2 N–H and O–H groups in total. The van der Waals surface area contributed by atoms with E-state index in [4.69, 9.17) is 5.11 Å². The number of carbonyl (C=O) groups excluding carboxylic acids is 1. The van der Waals surface area contributed by atoms with E-state index >= 15 is 0 Å². The van der Waals surface area contributed by atoms with Crippen molar-refractivity contribution < 1.29 is 19.6 Å². The van der Waals surface area contributed by atoms with Crippen LogP contribution in [0.4, 0.5) is 10.5 Å². The average molecular weight is 293 g/mol. The van der Waals surface area contributed by atoms with E-state index in [0.717, 1.165) is 10.7 Å². The second-order valence-corrected chi connectivity index (χ2v) is 4.32. The summed E-state index contributed by atoms with van der Waals surface area (Å²) in [6, 6.07) is 3.72. The summed E-state index contributed by atoms with van der Waals surface area (Å²) < 4.78 is 0.910. The largest absolute Gasteiger partial charge is 0.464 e. The first-order valence-electron chi connectivity index (χ1n) is 5.69. The van der Waals surface area contributed by atoms with Gasteiger partial charge in [0.1, 0.15) is 0 Å². The molecular formula is C11H11N5O5. The first kappa shape index (κ1) is 14.2. The Morgan fingerprint density at radius 1 is 1.43 bits per heavy atom. The fourth-order valence-electron chi connectivity index (χ4n) is 1.73. The zero-order valence-corrected chi connectivity index (χ0v) is 11.1. The van der Waals surface area contributed by atoms with Gasteiger partial charge in [0.25, 0.3) is 11.6 Å². The van der Waals surface area contributed by atoms with Crippen LogP contribution in [-0.2, 0) is 0 Å². The number of hydrogen-bond donors (Lipinski definition) is 2. The summed E-state index contributed by atoms with van der Waals surface area (Å²) >= 11 is 0. The third-order valence-corrected chi connectivity index (χ3v) is 2.65. The molecule has 0 unspecified atom stereocenters. The summed E-state index contributed by atoms with van der Waals surface area (Å²) in [7, 11) is 2.96. The highest BCUT2D eigenvalue weighted by Gasteiger charge is 2.22. The topological polar surface area (TPSA) is 131 Å². The lowest BCUT2D eigenvalue weighted by molar-refractivity contribution is -0.384. The Morgan fingerprint density at radius 2 is 2.10 bits per heavy atom. The molecule has 1 heterocycles. The van der Waals surface area contributed by atoms with E-state index in [0.29, 0.717) is 0 Å². The molecule has 1 aromatic heterocycles. The predicted molar refractivity (Wildman–Crippen MR) is 71.8 cm³/mol. The summed E-state index contributed by atoms with van der Waals surface area (Å²) in [5, 5.41) is 19.6. The summed E-state index contributed by atoms with van der Waals surface area (Å²) in [5.74, 6) is -0.722. The van der Waals surface area contributed by atoms with Crippen molar-refractivity contribution in [3.63, 3.8) is 0 Å². The minimum absolute atomic E-state index is 0.122. The summed E-state index contributed by atoms with van der Waals surface area (Å²) in [5.41, 5.74) is 2.15. The van der Waals surface area contributed by atoms with Gasteiger partial charge in [0.2, 0.25) is 5.82 Å². The lowest BCUT2D eigenvalue weighted by atomic mass is 10.3. The molecule has 0 saturated carbocycles. The lowest BCUT2D eigenvalue weighted by Crippen LogP contribution is -2.30. The molecule has 0 bridgehead atoms. The van der Waals surface area contributed by atoms with Crippen molar-refractivity contribution in [1.29, 1.82) is 0 Å². The number of nitrogens with one attached hydrogen (secondary N) is 1. The van der Waals surface area contributed by atoms with E-state index in [1.807, 2.05) is 5.43 Å². The van der Waals surface area contributed by atoms with Gasteiger partial charge in [0.05, 0.1) is 16.0 Å². The highest BCUT2D eigenvalue weighted by Crippen LogP contribution is 2.21. The van der Waals surface area contributed by atoms with Crippen LogP contribution in [0.15, 0.2) is 18.2 Å². The molecule has 2 aromatic rings. The first-order valence-corrected chi connectivity index (χ1v) is 5.69. The maximum Gasteiger partial charge on any atom is 0.424 e. The third-order valence-electron chi connectivity index (χ3n) is 2.65. The van der Waals surface area contributed by atoms with E-state index in [1.54, 1.807) is 0 Å². The van der Waals surface area contributed by atoms with Crippen molar-refractivity contribution in [1.82, 2.24) is 14.6 Å². The van der Waals surface area contributed by atoms with Crippen LogP contribution >= 0.6 is 0 Å². The van der Waals surface area contributed by atoms with Crippen LogP contribution in [0, 0.1) is 10.1 Å². The number of hydrogen-bond acceptors (Lipinski definition) is 5. The van der Waals surface area contributed by atoms with Crippen molar-refractivity contribution >= 4 is 28.7 Å². The van der Waals surface area contributed by atoms with Gasteiger partial charge in [-0.1, -0.05) is 0 Å². The summed E-state index contributed by atoms with van der Waals surface area (Å²) in [4.78, 5) is 38.3. The third kappa shape index (κ3) is 2.59. The van der Waals surface area contributed by atoms with Crippen LogP contribution in [0.5, 0.6) is 0 Å². The van der Waals surface area contributed by atoms with Crippen LogP contribution in [-0.4, -0.2) is 50.7 Å². The van der Waals surface area contributed by atoms with Crippen LogP contribution in [0.25, 0.3) is 11.0 Å². The van der Waals surface area contributed by atoms with Crippen LogP contribution < -0.4 is 5.43 Å². The highest BCUT2D eigenvalue weighted by molar-refractivity contribution is 5.96. The van der Waals surface area contributed by atoms with Gasteiger partial charge < -0.3 is 10.0 Å². The number of nitrogens with zero attached hydrogens (tertiary/aromatic N) is 4. The highest BCUT2D eigenvalue weighted by atomic mass is 16.6. The van der Waals surface area contributed by atoms with Gasteiger partial charge >= 0.3 is 6.09 Å². The zero-order valence-electron chi connectivity index (χ0n) is 11.1. The number of rotatable bonds is 3. The normalized spacial score (nSPS) is 10.4. The number of fused-ring (bicyclic) bond motifs is 1. The molecule has 2 amide bonds. The van der Waals surface area contributed by atoms with Crippen molar-refractivity contribution in [2.45, 2.75) is 0 Å². The number of imidazole rings is 1. The number of amides is 2. The molecule has 10 heteroatoms. The molecule has 0 aliphatic rings. The predicted octanol–water partition coefficient (Wildman–Crippen LogP) is 0.868. The molecule has 0 saturated heterocycles. The van der Waals surface area contributed by atoms with E-state index < -0.39 is 16.9 Å². The van der Waals surface area contributed by atoms with Gasteiger partial charge in [-0.3, -0.25) is 14.9 Å². The summed E-state index contributed by atoms with van der Waals surface area (Å²) in [6.45, 7) is 0. The van der Waals surface area contributed by atoms with Crippen molar-refractivity contribution in [2.75, 3.05) is 19.5 Å². The number of nitro benzene ring substituents is 1. The Labute approximate surface area is 117 Å². The minimum Gasteiger partial charge on any atom is -0.464 e. The Kier molecular flexibility index (Phi) is 3.44. The molecule has 0 spiro atoms.